The van der Waals surface area contributed by atoms with E-state index in [0.29, 0.717) is 29.8 Å². The Morgan fingerprint density at radius 1 is 0.644 bits per heavy atom. The molecule has 5 nitrogen and oxygen atoms in total. The van der Waals surface area contributed by atoms with Gasteiger partial charge in [0.25, 0.3) is 0 Å². The van der Waals surface area contributed by atoms with Gasteiger partial charge in [0.05, 0.1) is 6.61 Å². The van der Waals surface area contributed by atoms with Crippen LogP contribution in [0.4, 0.5) is 0 Å². The molecule has 0 radical (unpaired) electrons. The molecule has 0 saturated heterocycles. The highest BCUT2D eigenvalue weighted by Gasteiger charge is 2.27. The average molecular weight is 600 g/mol. The molecule has 232 valence electrons. The van der Waals surface area contributed by atoms with Gasteiger partial charge < -0.3 is 9.84 Å². The Balaban J connectivity index is 1.47. The van der Waals surface area contributed by atoms with Gasteiger partial charge in [-0.2, -0.15) is 0 Å². The maximum atomic E-state index is 11.0. The van der Waals surface area contributed by atoms with Crippen molar-refractivity contribution in [1.29, 1.82) is 0 Å². The molecule has 45 heavy (non-hydrogen) atoms. The minimum absolute atomic E-state index is 0.240. The lowest BCUT2D eigenvalue weighted by molar-refractivity contribution is 0.303. The second-order valence-corrected chi connectivity index (χ2v) is 12.7. The molecule has 0 saturated carbocycles. The van der Waals surface area contributed by atoms with Crippen LogP contribution in [0.3, 0.4) is 0 Å². The summed E-state index contributed by atoms with van der Waals surface area (Å²) in [7, 11) is 0. The number of aryl methyl sites for hydroxylation is 4. The van der Waals surface area contributed by atoms with Crippen molar-refractivity contribution >= 4 is 0 Å². The van der Waals surface area contributed by atoms with Gasteiger partial charge in [0, 0.05) is 33.7 Å². The number of nitrogens with zero attached hydrogens (tertiary/aromatic N) is 3. The fourth-order valence-corrected chi connectivity index (χ4v) is 5.91. The monoisotopic (exact) mass is 599 g/mol. The number of ether oxygens (including phenoxy) is 1. The normalized spacial score (nSPS) is 11.5. The third-order valence-corrected chi connectivity index (χ3v) is 8.65. The molecule has 0 aliphatic heterocycles. The van der Waals surface area contributed by atoms with Crippen LogP contribution in [-0.4, -0.2) is 26.7 Å². The Kier molecular flexibility index (Phi) is 9.67. The first-order valence-electron chi connectivity index (χ1n) is 16.1. The molecule has 0 aliphatic rings. The average Bonchev–Trinajstić information content (AvgIpc) is 3.01. The van der Waals surface area contributed by atoms with E-state index in [1.807, 2.05) is 12.1 Å². The van der Waals surface area contributed by atoms with Crippen molar-refractivity contribution in [2.24, 2.45) is 0 Å². The molecule has 1 N–H and O–H groups in total. The number of aromatic nitrogens is 3. The maximum Gasteiger partial charge on any atom is 0.164 e. The predicted molar refractivity (Wildman–Crippen MR) is 185 cm³/mol. The van der Waals surface area contributed by atoms with Crippen LogP contribution in [0.15, 0.2) is 78.9 Å². The highest BCUT2D eigenvalue weighted by molar-refractivity contribution is 5.70. The van der Waals surface area contributed by atoms with Crippen molar-refractivity contribution in [2.45, 2.75) is 79.6 Å². The van der Waals surface area contributed by atoms with E-state index in [-0.39, 0.29) is 5.75 Å². The highest BCUT2D eigenvalue weighted by Crippen LogP contribution is 2.39. The zero-order chi connectivity index (χ0) is 32.1. The molecule has 0 fully saturated rings. The molecule has 0 spiro atoms. The largest absolute Gasteiger partial charge is 0.507 e. The minimum atomic E-state index is -0.435. The van der Waals surface area contributed by atoms with Gasteiger partial charge in [0.2, 0.25) is 0 Å². The van der Waals surface area contributed by atoms with E-state index in [9.17, 15) is 5.11 Å². The Labute approximate surface area is 268 Å². The lowest BCUT2D eigenvalue weighted by Gasteiger charge is -2.27. The Morgan fingerprint density at radius 3 is 1.76 bits per heavy atom. The SMILES string of the molecule is CCCCCCOc1ccc(C(C)(C)c2ccc(-c3nc(-c4ccc(C)cc4C)nc(-c4ccc(C)cc4C)n3)cc2)c(O)c1. The Morgan fingerprint density at radius 2 is 1.22 bits per heavy atom. The van der Waals surface area contributed by atoms with Gasteiger partial charge in [-0.15, -0.1) is 0 Å². The van der Waals surface area contributed by atoms with Gasteiger partial charge in [-0.05, 0) is 56.9 Å². The molecule has 0 aliphatic carbocycles. The molecule has 0 atom stereocenters. The summed E-state index contributed by atoms with van der Waals surface area (Å²) < 4.78 is 5.90. The smallest absolute Gasteiger partial charge is 0.164 e. The Bertz CT molecular complexity index is 1720. The number of hydrogen-bond donors (Lipinski definition) is 1. The summed E-state index contributed by atoms with van der Waals surface area (Å²) in [6.45, 7) is 15.5. The zero-order valence-electron chi connectivity index (χ0n) is 27.7. The molecular weight excluding hydrogens is 554 g/mol. The third-order valence-electron chi connectivity index (χ3n) is 8.65. The number of unbranched alkanes of at least 4 members (excludes halogenated alkanes) is 3. The Hall–Kier alpha value is -4.51. The van der Waals surface area contributed by atoms with Crippen LogP contribution in [0, 0.1) is 27.7 Å². The molecule has 5 heteroatoms. The van der Waals surface area contributed by atoms with Gasteiger partial charge in [-0.25, -0.2) is 15.0 Å². The van der Waals surface area contributed by atoms with Gasteiger partial charge in [0.15, 0.2) is 17.5 Å². The molecule has 5 aromatic rings. The second kappa shape index (κ2) is 13.6. The van der Waals surface area contributed by atoms with Crippen LogP contribution in [0.5, 0.6) is 11.5 Å². The molecule has 1 heterocycles. The van der Waals surface area contributed by atoms with E-state index in [4.69, 9.17) is 19.7 Å². The molecule has 5 rings (SSSR count). The summed E-state index contributed by atoms with van der Waals surface area (Å²) in [5.41, 5.74) is 9.06. The van der Waals surface area contributed by atoms with Crippen molar-refractivity contribution in [3.8, 4) is 45.7 Å². The second-order valence-electron chi connectivity index (χ2n) is 12.7. The number of aromatic hydroxyl groups is 1. The number of hydrogen-bond acceptors (Lipinski definition) is 5. The van der Waals surface area contributed by atoms with Crippen LogP contribution < -0.4 is 4.74 Å². The summed E-state index contributed by atoms with van der Waals surface area (Å²) in [5.74, 6) is 2.89. The van der Waals surface area contributed by atoms with E-state index in [1.54, 1.807) is 6.07 Å². The van der Waals surface area contributed by atoms with E-state index >= 15 is 0 Å². The van der Waals surface area contributed by atoms with Crippen molar-refractivity contribution in [2.75, 3.05) is 6.61 Å². The van der Waals surface area contributed by atoms with Crippen molar-refractivity contribution in [1.82, 2.24) is 15.0 Å². The standard InChI is InChI=1S/C40H45N3O2/c1-8-9-10-11-22-45-32-18-21-35(36(44)25-32)40(6,7)31-16-14-30(15-17-31)37-41-38(33-19-12-26(2)23-28(33)4)43-39(42-37)34-20-13-27(3)24-29(34)5/h12-21,23-25,44H,8-11,22H2,1-7H3. The molecular formula is C40H45N3O2. The fraction of sp³-hybridized carbons (Fsp3) is 0.325. The summed E-state index contributed by atoms with van der Waals surface area (Å²) in [6.07, 6.45) is 4.60. The fourth-order valence-electron chi connectivity index (χ4n) is 5.91. The first-order valence-corrected chi connectivity index (χ1v) is 16.1. The molecule has 4 aromatic carbocycles. The van der Waals surface area contributed by atoms with Gasteiger partial charge in [-0.1, -0.05) is 118 Å². The number of phenolic OH excluding ortho intramolecular Hbond substituents is 1. The van der Waals surface area contributed by atoms with Crippen molar-refractivity contribution < 1.29 is 9.84 Å². The number of benzene rings is 4. The van der Waals surface area contributed by atoms with Crippen LogP contribution >= 0.6 is 0 Å². The van der Waals surface area contributed by atoms with E-state index < -0.39 is 5.41 Å². The number of rotatable bonds is 11. The van der Waals surface area contributed by atoms with E-state index in [2.05, 4.69) is 109 Å². The lowest BCUT2D eigenvalue weighted by atomic mass is 9.77. The predicted octanol–water partition coefficient (Wildman–Crippen LogP) is 10.1. The topological polar surface area (TPSA) is 68.1 Å². The van der Waals surface area contributed by atoms with Gasteiger partial charge in [-0.3, -0.25) is 0 Å². The van der Waals surface area contributed by atoms with Crippen molar-refractivity contribution in [3.63, 3.8) is 0 Å². The summed E-state index contributed by atoms with van der Waals surface area (Å²) in [5, 5.41) is 11.0. The summed E-state index contributed by atoms with van der Waals surface area (Å²) >= 11 is 0. The maximum absolute atomic E-state index is 11.0. The quantitative estimate of drug-likeness (QED) is 0.153. The molecule has 0 bridgehead atoms. The lowest BCUT2D eigenvalue weighted by Crippen LogP contribution is -2.19. The van der Waals surface area contributed by atoms with Gasteiger partial charge >= 0.3 is 0 Å². The third kappa shape index (κ3) is 7.25. The van der Waals surface area contributed by atoms with Gasteiger partial charge in [0.1, 0.15) is 11.5 Å². The van der Waals surface area contributed by atoms with Crippen LogP contribution in [-0.2, 0) is 5.41 Å². The summed E-state index contributed by atoms with van der Waals surface area (Å²) in [6, 6.07) is 26.7. The number of phenols is 1. The molecule has 0 amide bonds. The first-order chi connectivity index (χ1) is 21.6. The van der Waals surface area contributed by atoms with Crippen molar-refractivity contribution in [3.05, 3.63) is 112 Å². The van der Waals surface area contributed by atoms with Crippen LogP contribution in [0.25, 0.3) is 34.2 Å². The zero-order valence-corrected chi connectivity index (χ0v) is 27.7. The molecule has 1 aromatic heterocycles. The minimum Gasteiger partial charge on any atom is -0.507 e. The summed E-state index contributed by atoms with van der Waals surface area (Å²) in [4.78, 5) is 14.9. The van der Waals surface area contributed by atoms with Crippen LogP contribution in [0.1, 0.15) is 79.8 Å². The van der Waals surface area contributed by atoms with Crippen LogP contribution in [0.2, 0.25) is 0 Å². The van der Waals surface area contributed by atoms with E-state index in [1.165, 1.54) is 24.0 Å². The highest BCUT2D eigenvalue weighted by atomic mass is 16.5. The van der Waals surface area contributed by atoms with E-state index in [0.717, 1.165) is 51.8 Å². The molecule has 0 unspecified atom stereocenters. The first kappa shape index (κ1) is 31.9.